The van der Waals surface area contributed by atoms with Crippen molar-refractivity contribution < 1.29 is 9.53 Å². The fraction of sp³-hybridized carbons (Fsp3) is 0.727. The molecule has 0 aliphatic rings. The van der Waals surface area contributed by atoms with Gasteiger partial charge in [0.15, 0.2) is 0 Å². The molecule has 0 amide bonds. The lowest BCUT2D eigenvalue weighted by Gasteiger charge is -2.00. The Bertz CT molecular complexity index is 167. The molecular weight excluding hydrogens is 164 g/mol. The Labute approximate surface area is 80.7 Å². The molecule has 0 N–H and O–H groups in total. The standard InChI is InChI=1S/C11H18O2/c1-3-5-6-7-11(12)8-10-13-9-4-2/h2H,3,5-10H2,1H3. The van der Waals surface area contributed by atoms with Crippen molar-refractivity contribution in [1.82, 2.24) is 0 Å². The zero-order chi connectivity index (χ0) is 9.94. The average molecular weight is 182 g/mol. The van der Waals surface area contributed by atoms with Gasteiger partial charge in [-0.25, -0.2) is 0 Å². The van der Waals surface area contributed by atoms with Gasteiger partial charge in [-0.1, -0.05) is 25.7 Å². The highest BCUT2D eigenvalue weighted by molar-refractivity contribution is 5.78. The van der Waals surface area contributed by atoms with Crippen LogP contribution in [0.4, 0.5) is 0 Å². The van der Waals surface area contributed by atoms with Crippen LogP contribution in [0.1, 0.15) is 39.0 Å². The second-order valence-corrected chi connectivity index (χ2v) is 3.00. The van der Waals surface area contributed by atoms with Gasteiger partial charge in [0.25, 0.3) is 0 Å². The van der Waals surface area contributed by atoms with Crippen LogP contribution in [0.2, 0.25) is 0 Å². The number of carbonyl (C=O) groups is 1. The first-order chi connectivity index (χ1) is 6.31. The van der Waals surface area contributed by atoms with Crippen molar-refractivity contribution in [2.75, 3.05) is 13.2 Å². The largest absolute Gasteiger partial charge is 0.368 e. The third-order valence-corrected chi connectivity index (χ3v) is 1.77. The number of rotatable bonds is 8. The lowest BCUT2D eigenvalue weighted by Crippen LogP contribution is -2.04. The van der Waals surface area contributed by atoms with Gasteiger partial charge in [0.2, 0.25) is 0 Å². The SMILES string of the molecule is C#CCOCCC(=O)CCCCC. The van der Waals surface area contributed by atoms with E-state index >= 15 is 0 Å². The van der Waals surface area contributed by atoms with E-state index in [-0.39, 0.29) is 5.78 Å². The zero-order valence-corrected chi connectivity index (χ0v) is 8.34. The number of ether oxygens (including phenoxy) is 1. The fourth-order valence-corrected chi connectivity index (χ4v) is 1.01. The van der Waals surface area contributed by atoms with Crippen LogP contribution in [0.5, 0.6) is 0 Å². The van der Waals surface area contributed by atoms with E-state index in [4.69, 9.17) is 11.2 Å². The maximum atomic E-state index is 11.1. The van der Waals surface area contributed by atoms with Crippen molar-refractivity contribution in [2.24, 2.45) is 0 Å². The number of carbonyl (C=O) groups excluding carboxylic acids is 1. The van der Waals surface area contributed by atoms with Crippen LogP contribution < -0.4 is 0 Å². The van der Waals surface area contributed by atoms with Crippen LogP contribution in [0.3, 0.4) is 0 Å². The van der Waals surface area contributed by atoms with Gasteiger partial charge in [-0.15, -0.1) is 6.42 Å². The molecule has 0 saturated heterocycles. The second-order valence-electron chi connectivity index (χ2n) is 3.00. The molecule has 2 nitrogen and oxygen atoms in total. The summed E-state index contributed by atoms with van der Waals surface area (Å²) in [6, 6.07) is 0. The molecule has 0 aromatic heterocycles. The summed E-state index contributed by atoms with van der Waals surface area (Å²) in [5, 5.41) is 0. The molecule has 0 radical (unpaired) electrons. The highest BCUT2D eigenvalue weighted by Crippen LogP contribution is 2.01. The fourth-order valence-electron chi connectivity index (χ4n) is 1.01. The minimum atomic E-state index is 0.283. The molecule has 2 heteroatoms. The smallest absolute Gasteiger partial charge is 0.135 e. The molecule has 0 saturated carbocycles. The number of ketones is 1. The number of hydrogen-bond acceptors (Lipinski definition) is 2. The van der Waals surface area contributed by atoms with Gasteiger partial charge in [-0.2, -0.15) is 0 Å². The molecule has 0 fully saturated rings. The Morgan fingerprint density at radius 3 is 2.77 bits per heavy atom. The van der Waals surface area contributed by atoms with Crippen LogP contribution in [0, 0.1) is 12.3 Å². The lowest BCUT2D eigenvalue weighted by molar-refractivity contribution is -0.120. The summed E-state index contributed by atoms with van der Waals surface area (Å²) in [6.45, 7) is 2.90. The summed E-state index contributed by atoms with van der Waals surface area (Å²) >= 11 is 0. The predicted molar refractivity (Wildman–Crippen MR) is 53.4 cm³/mol. The van der Waals surface area contributed by atoms with Crippen LogP contribution in [0.15, 0.2) is 0 Å². The van der Waals surface area contributed by atoms with Gasteiger partial charge >= 0.3 is 0 Å². The molecular formula is C11H18O2. The maximum absolute atomic E-state index is 11.1. The van der Waals surface area contributed by atoms with Crippen LogP contribution in [0.25, 0.3) is 0 Å². The van der Waals surface area contributed by atoms with Gasteiger partial charge < -0.3 is 4.74 Å². The van der Waals surface area contributed by atoms with E-state index in [0.717, 1.165) is 19.3 Å². The van der Waals surface area contributed by atoms with E-state index in [0.29, 0.717) is 26.1 Å². The first kappa shape index (κ1) is 12.2. The molecule has 0 unspecified atom stereocenters. The van der Waals surface area contributed by atoms with Crippen molar-refractivity contribution in [3.63, 3.8) is 0 Å². The number of hydrogen-bond donors (Lipinski definition) is 0. The molecule has 0 aliphatic carbocycles. The first-order valence-electron chi connectivity index (χ1n) is 4.84. The summed E-state index contributed by atoms with van der Waals surface area (Å²) < 4.78 is 5.00. The van der Waals surface area contributed by atoms with Gasteiger partial charge in [0.05, 0.1) is 6.61 Å². The molecule has 74 valence electrons. The third kappa shape index (κ3) is 9.10. The number of unbranched alkanes of at least 4 members (excludes halogenated alkanes) is 2. The summed E-state index contributed by atoms with van der Waals surface area (Å²) in [5.74, 6) is 2.64. The van der Waals surface area contributed by atoms with Crippen molar-refractivity contribution in [3.8, 4) is 12.3 Å². The van der Waals surface area contributed by atoms with E-state index in [9.17, 15) is 4.79 Å². The molecule has 0 aliphatic heterocycles. The summed E-state index contributed by atoms with van der Waals surface area (Å²) in [6.07, 6.45) is 9.47. The molecule has 13 heavy (non-hydrogen) atoms. The van der Waals surface area contributed by atoms with Crippen molar-refractivity contribution >= 4 is 5.78 Å². The van der Waals surface area contributed by atoms with E-state index in [2.05, 4.69) is 12.8 Å². The Kier molecular flexibility index (Phi) is 8.70. The van der Waals surface area contributed by atoms with Gasteiger partial charge in [0.1, 0.15) is 12.4 Å². The minimum Gasteiger partial charge on any atom is -0.368 e. The summed E-state index contributed by atoms with van der Waals surface area (Å²) in [5.41, 5.74) is 0. The van der Waals surface area contributed by atoms with Crippen molar-refractivity contribution in [1.29, 1.82) is 0 Å². The Balaban J connectivity index is 3.16. The number of Topliss-reactive ketones (excluding diaryl/α,β-unsaturated/α-hetero) is 1. The van der Waals surface area contributed by atoms with Crippen molar-refractivity contribution in [2.45, 2.75) is 39.0 Å². The predicted octanol–water partition coefficient (Wildman–Crippen LogP) is 2.18. The normalized spacial score (nSPS) is 9.54. The molecule has 0 bridgehead atoms. The monoisotopic (exact) mass is 182 g/mol. The Morgan fingerprint density at radius 2 is 2.15 bits per heavy atom. The van der Waals surface area contributed by atoms with E-state index < -0.39 is 0 Å². The lowest BCUT2D eigenvalue weighted by atomic mass is 10.1. The van der Waals surface area contributed by atoms with Crippen LogP contribution in [-0.4, -0.2) is 19.0 Å². The second kappa shape index (κ2) is 9.28. The summed E-state index contributed by atoms with van der Waals surface area (Å²) in [7, 11) is 0. The maximum Gasteiger partial charge on any atom is 0.135 e. The van der Waals surface area contributed by atoms with Gasteiger partial charge in [-0.05, 0) is 6.42 Å². The molecule has 0 aromatic carbocycles. The Hall–Kier alpha value is -0.810. The Morgan fingerprint density at radius 1 is 1.38 bits per heavy atom. The molecule has 0 spiro atoms. The van der Waals surface area contributed by atoms with Gasteiger partial charge in [-0.3, -0.25) is 4.79 Å². The molecule has 0 rings (SSSR count). The minimum absolute atomic E-state index is 0.283. The summed E-state index contributed by atoms with van der Waals surface area (Å²) in [4.78, 5) is 11.1. The first-order valence-corrected chi connectivity index (χ1v) is 4.84. The van der Waals surface area contributed by atoms with Crippen LogP contribution in [-0.2, 0) is 9.53 Å². The highest BCUT2D eigenvalue weighted by Gasteiger charge is 2.00. The number of terminal acetylenes is 1. The molecule has 0 aromatic rings. The van der Waals surface area contributed by atoms with E-state index in [1.54, 1.807) is 0 Å². The zero-order valence-electron chi connectivity index (χ0n) is 8.34. The quantitative estimate of drug-likeness (QED) is 0.425. The third-order valence-electron chi connectivity index (χ3n) is 1.77. The van der Waals surface area contributed by atoms with E-state index in [1.807, 2.05) is 0 Å². The average Bonchev–Trinajstić information content (AvgIpc) is 2.13. The highest BCUT2D eigenvalue weighted by atomic mass is 16.5. The topological polar surface area (TPSA) is 26.3 Å². The van der Waals surface area contributed by atoms with Crippen molar-refractivity contribution in [3.05, 3.63) is 0 Å². The molecule has 0 atom stereocenters. The van der Waals surface area contributed by atoms with Crippen LogP contribution >= 0.6 is 0 Å². The van der Waals surface area contributed by atoms with E-state index in [1.165, 1.54) is 0 Å². The van der Waals surface area contributed by atoms with Gasteiger partial charge in [0, 0.05) is 12.8 Å². The molecule has 0 heterocycles.